The van der Waals surface area contributed by atoms with E-state index in [1.54, 1.807) is 0 Å². The van der Waals surface area contributed by atoms with Gasteiger partial charge in [0, 0.05) is 11.1 Å². The Kier molecular flexibility index (Phi) is 4.29. The van der Waals surface area contributed by atoms with Gasteiger partial charge in [0.15, 0.2) is 5.60 Å². The Morgan fingerprint density at radius 1 is 0.794 bits per heavy atom. The molecule has 4 nitrogen and oxygen atoms in total. The second-order valence-corrected chi connectivity index (χ2v) is 17.8. The quantitative estimate of drug-likeness (QED) is 0.333. The van der Waals surface area contributed by atoms with Gasteiger partial charge in [-0.2, -0.15) is 0 Å². The lowest BCUT2D eigenvalue weighted by Crippen LogP contribution is -2.77. The van der Waals surface area contributed by atoms with Crippen LogP contribution in [0.15, 0.2) is 48.5 Å². The predicted octanol–water partition coefficient (Wildman–Crippen LogP) is 7.48. The van der Waals surface area contributed by atoms with E-state index in [1.807, 2.05) is 0 Å². The molecule has 1 saturated heterocycles. The van der Waals surface area contributed by atoms with E-state index in [9.17, 15) is 0 Å². The molecule has 2 spiro atoms. The molecule has 2 heterocycles. The fourth-order valence-corrected chi connectivity index (χ4v) is 8.89. The van der Waals surface area contributed by atoms with Gasteiger partial charge in [0.1, 0.15) is 5.60 Å². The smallest absolute Gasteiger partial charge is 0.229 e. The van der Waals surface area contributed by atoms with Crippen molar-refractivity contribution in [1.29, 1.82) is 0 Å². The number of anilines is 2. The molecule has 0 N–H and O–H groups in total. The second-order valence-electron chi connectivity index (χ2n) is 13.1. The molecule has 4 saturated carbocycles. The standard InChI is InChI=1S/C29H37NO3Si/c1-27(2,3)34(4,5)33-30-25-12-8-6-10-23(25)29(24-11-7-9-13-26(24)30)28(31-32-29)21-15-19-14-20(17-21)18-22(28)16-19/h6-13,19-22H,14-18H2,1-5H3. The Hall–Kier alpha value is -1.66. The third kappa shape index (κ3) is 2.49. The van der Waals surface area contributed by atoms with Crippen molar-refractivity contribution in [2.24, 2.45) is 23.7 Å². The molecule has 6 aliphatic rings. The van der Waals surface area contributed by atoms with Crippen LogP contribution in [0.4, 0.5) is 11.4 Å². The van der Waals surface area contributed by atoms with Crippen molar-refractivity contribution in [3.63, 3.8) is 0 Å². The van der Waals surface area contributed by atoms with E-state index >= 15 is 0 Å². The minimum atomic E-state index is -2.09. The molecule has 0 unspecified atom stereocenters. The first-order valence-electron chi connectivity index (χ1n) is 13.2. The molecule has 8 rings (SSSR count). The predicted molar refractivity (Wildman–Crippen MR) is 136 cm³/mol. The molecule has 4 bridgehead atoms. The molecule has 34 heavy (non-hydrogen) atoms. The number of rotatable bonds is 2. The van der Waals surface area contributed by atoms with E-state index in [2.05, 4.69) is 87.5 Å². The van der Waals surface area contributed by atoms with Crippen LogP contribution >= 0.6 is 0 Å². The summed E-state index contributed by atoms with van der Waals surface area (Å²) in [6, 6.07) is 17.5. The van der Waals surface area contributed by atoms with Crippen LogP contribution in [0, 0.1) is 23.7 Å². The van der Waals surface area contributed by atoms with Gasteiger partial charge in [-0.15, -0.1) is 0 Å². The Balaban J connectivity index is 1.43. The van der Waals surface area contributed by atoms with Gasteiger partial charge in [-0.05, 0) is 86.0 Å². The van der Waals surface area contributed by atoms with E-state index in [0.717, 1.165) is 23.2 Å². The highest BCUT2D eigenvalue weighted by atomic mass is 28.4. The first-order valence-corrected chi connectivity index (χ1v) is 16.1. The molecule has 0 amide bonds. The maximum Gasteiger partial charge on any atom is 0.229 e. The normalized spacial score (nSPS) is 34.8. The summed E-state index contributed by atoms with van der Waals surface area (Å²) in [4.78, 5) is 12.9. The summed E-state index contributed by atoms with van der Waals surface area (Å²) in [6.45, 7) is 11.5. The Morgan fingerprint density at radius 2 is 1.29 bits per heavy atom. The van der Waals surface area contributed by atoms with Crippen LogP contribution in [-0.2, 0) is 19.9 Å². The SMILES string of the molecule is CC(C)(C)[Si](C)(C)ON1c2ccccc2C2(OOC23C2CC4CC(C2)CC3C4)c2ccccc21. The van der Waals surface area contributed by atoms with Gasteiger partial charge in [-0.25, -0.2) is 14.8 Å². The molecule has 2 aromatic rings. The minimum absolute atomic E-state index is 0.102. The van der Waals surface area contributed by atoms with E-state index in [0.29, 0.717) is 11.8 Å². The zero-order chi connectivity index (χ0) is 23.5. The van der Waals surface area contributed by atoms with Crippen LogP contribution in [0.2, 0.25) is 18.1 Å². The van der Waals surface area contributed by atoms with Crippen LogP contribution in [0.25, 0.3) is 0 Å². The lowest BCUT2D eigenvalue weighted by molar-refractivity contribution is -0.583. The summed E-state index contributed by atoms with van der Waals surface area (Å²) in [6.07, 6.45) is 6.57. The van der Waals surface area contributed by atoms with Crippen LogP contribution in [-0.4, -0.2) is 13.9 Å². The number of benzene rings is 2. The lowest BCUT2D eigenvalue weighted by Gasteiger charge is -2.71. The van der Waals surface area contributed by atoms with Crippen molar-refractivity contribution in [3.8, 4) is 0 Å². The number of hydrogen-bond acceptors (Lipinski definition) is 4. The summed E-state index contributed by atoms with van der Waals surface area (Å²) in [7, 11) is -2.09. The van der Waals surface area contributed by atoms with Crippen LogP contribution < -0.4 is 5.06 Å². The van der Waals surface area contributed by atoms with Crippen LogP contribution in [0.3, 0.4) is 0 Å². The van der Waals surface area contributed by atoms with Gasteiger partial charge >= 0.3 is 0 Å². The topological polar surface area (TPSA) is 30.9 Å². The summed E-state index contributed by atoms with van der Waals surface area (Å²) in [5, 5.41) is 2.24. The average molecular weight is 476 g/mol. The second kappa shape index (κ2) is 6.76. The van der Waals surface area contributed by atoms with Crippen molar-refractivity contribution in [3.05, 3.63) is 59.7 Å². The van der Waals surface area contributed by atoms with Crippen molar-refractivity contribution in [2.45, 2.75) is 82.2 Å². The summed E-state index contributed by atoms with van der Waals surface area (Å²) in [5.74, 6) is 2.88. The highest BCUT2D eigenvalue weighted by molar-refractivity contribution is 6.74. The Bertz CT molecular complexity index is 1080. The van der Waals surface area contributed by atoms with Gasteiger partial charge in [0.2, 0.25) is 8.32 Å². The fraction of sp³-hybridized carbons (Fsp3) is 0.586. The summed E-state index contributed by atoms with van der Waals surface area (Å²) in [5.41, 5.74) is 3.83. The average Bonchev–Trinajstić information content (AvgIpc) is 2.77. The first-order chi connectivity index (χ1) is 16.2. The molecule has 0 atom stereocenters. The van der Waals surface area contributed by atoms with Gasteiger partial charge in [0.25, 0.3) is 0 Å². The van der Waals surface area contributed by atoms with Crippen molar-refractivity contribution in [1.82, 2.24) is 0 Å². The maximum absolute atomic E-state index is 7.03. The zero-order valence-corrected chi connectivity index (χ0v) is 22.1. The fourth-order valence-electron chi connectivity index (χ4n) is 7.96. The van der Waals surface area contributed by atoms with E-state index in [4.69, 9.17) is 14.3 Å². The monoisotopic (exact) mass is 475 g/mol. The van der Waals surface area contributed by atoms with Gasteiger partial charge in [-0.1, -0.05) is 57.2 Å². The lowest BCUT2D eigenvalue weighted by atomic mass is 9.44. The van der Waals surface area contributed by atoms with Crippen molar-refractivity contribution < 1.29 is 14.3 Å². The van der Waals surface area contributed by atoms with Crippen LogP contribution in [0.1, 0.15) is 64.0 Å². The highest BCUT2D eigenvalue weighted by Crippen LogP contribution is 2.73. The molecular weight excluding hydrogens is 438 g/mol. The molecular formula is C29H37NO3Si. The number of para-hydroxylation sites is 2. The minimum Gasteiger partial charge on any atom is -0.315 e. The van der Waals surface area contributed by atoms with E-state index in [1.165, 1.54) is 43.2 Å². The maximum atomic E-state index is 7.03. The summed E-state index contributed by atoms with van der Waals surface area (Å²) >= 11 is 0. The van der Waals surface area contributed by atoms with Gasteiger partial charge < -0.3 is 4.53 Å². The molecule has 4 aliphatic carbocycles. The van der Waals surface area contributed by atoms with Crippen molar-refractivity contribution in [2.75, 3.05) is 5.06 Å². The highest BCUT2D eigenvalue weighted by Gasteiger charge is 2.77. The Morgan fingerprint density at radius 3 is 1.74 bits per heavy atom. The summed E-state index contributed by atoms with van der Waals surface area (Å²) < 4.78 is 7.03. The Labute approximate surface area is 204 Å². The number of fused-ring (bicyclic) bond motifs is 4. The molecule has 5 fully saturated rings. The third-order valence-corrected chi connectivity index (χ3v) is 14.6. The molecule has 5 heteroatoms. The number of nitrogens with zero attached hydrogens (tertiary/aromatic N) is 1. The van der Waals surface area contributed by atoms with E-state index < -0.39 is 13.9 Å². The molecule has 2 aromatic carbocycles. The third-order valence-electron chi connectivity index (χ3n) is 10.3. The molecule has 180 valence electrons. The van der Waals surface area contributed by atoms with Crippen LogP contribution in [0.5, 0.6) is 0 Å². The number of hydrogen-bond donors (Lipinski definition) is 0. The molecule has 0 aromatic heterocycles. The largest absolute Gasteiger partial charge is 0.315 e. The molecule has 2 aliphatic heterocycles. The zero-order valence-electron chi connectivity index (χ0n) is 21.1. The van der Waals surface area contributed by atoms with Gasteiger partial charge in [0.05, 0.1) is 11.4 Å². The van der Waals surface area contributed by atoms with Gasteiger partial charge in [-0.3, -0.25) is 0 Å². The first kappa shape index (κ1) is 21.6. The van der Waals surface area contributed by atoms with E-state index in [-0.39, 0.29) is 10.6 Å². The van der Waals surface area contributed by atoms with Crippen molar-refractivity contribution >= 4 is 19.7 Å². The molecule has 0 radical (unpaired) electrons.